The molecular weight excluding hydrogens is 757 g/mol. The van der Waals surface area contributed by atoms with E-state index in [4.69, 9.17) is 15.2 Å². The number of hydrogen-bond acceptors (Lipinski definition) is 8. The molecular formula is C47H50N6O5Si. The molecule has 1 saturated heterocycles. The van der Waals surface area contributed by atoms with E-state index < -0.39 is 13.7 Å². The number of aliphatic hydroxyl groups is 1. The smallest absolute Gasteiger partial charge is 0.264 e. The lowest BCUT2D eigenvalue weighted by atomic mass is 9.82. The minimum Gasteiger partial charge on any atom is -0.497 e. The molecule has 11 nitrogen and oxygen atoms in total. The summed E-state index contributed by atoms with van der Waals surface area (Å²) in [5, 5.41) is 23.5. The van der Waals surface area contributed by atoms with Gasteiger partial charge in [0, 0.05) is 41.2 Å². The minimum absolute atomic E-state index is 0.0503. The van der Waals surface area contributed by atoms with Gasteiger partial charge < -0.3 is 30.5 Å². The van der Waals surface area contributed by atoms with Gasteiger partial charge in [-0.05, 0) is 77.7 Å². The van der Waals surface area contributed by atoms with Crippen molar-refractivity contribution < 1.29 is 24.2 Å². The fraction of sp³-hybridized carbons (Fsp3) is 0.277. The van der Waals surface area contributed by atoms with Gasteiger partial charge in [0.15, 0.2) is 5.60 Å². The largest absolute Gasteiger partial charge is 0.497 e. The van der Waals surface area contributed by atoms with Gasteiger partial charge in [-0.1, -0.05) is 103 Å². The Bertz CT molecular complexity index is 2420. The summed E-state index contributed by atoms with van der Waals surface area (Å²) in [7, 11) is -0.694. The van der Waals surface area contributed by atoms with E-state index in [1.807, 2.05) is 107 Å². The first-order chi connectivity index (χ1) is 28.5. The van der Waals surface area contributed by atoms with Crippen molar-refractivity contribution in [3.63, 3.8) is 0 Å². The van der Waals surface area contributed by atoms with Crippen LogP contribution in [0.5, 0.6) is 5.75 Å². The van der Waals surface area contributed by atoms with Gasteiger partial charge in [0.25, 0.3) is 11.8 Å². The number of aryl methyl sites for hydroxylation is 1. The van der Waals surface area contributed by atoms with E-state index in [2.05, 4.69) is 47.8 Å². The number of hydrogen-bond donors (Lipinski definition) is 3. The number of nitrogens with one attached hydrogen (secondary N) is 1. The van der Waals surface area contributed by atoms with Crippen LogP contribution in [0.2, 0.25) is 18.6 Å². The lowest BCUT2D eigenvalue weighted by Gasteiger charge is -2.37. The standard InChI is InChI=1S/C47H50N6O5Si/c1-31-44(59(3,4)38-24-22-37(57-2)23-25-38)43(26-27-52-29-41(50-51-52)39(30-54)33-10-6-5-7-11-33)58-47(31)40-12-8-9-13-42(40)53(46(47)56)28-32-14-20-36(21-15-32)49-45(55)34-16-18-35(48)19-17-34/h5-25,29,31,39,43-44,54H,26-28,30,48H2,1-4H3,(H,49,55)/t31-,39?,43+,44-,47+/m1/s1. The van der Waals surface area contributed by atoms with Crippen molar-refractivity contribution in [2.24, 2.45) is 5.92 Å². The number of methoxy groups -OCH3 is 1. The van der Waals surface area contributed by atoms with E-state index in [-0.39, 0.29) is 41.9 Å². The predicted octanol–water partition coefficient (Wildman–Crippen LogP) is 7.10. The SMILES string of the molecule is COc1ccc([Si](C)(C)[C@H]2[C@H](CCn3cc(C(CO)c4ccccc4)nn3)O[C@@]3(C(=O)N(Cc4ccc(NC(=O)c5ccc(N)cc5)cc4)c4ccccc43)[C@@H]2C)cc1. The first kappa shape index (κ1) is 39.7. The Hall–Kier alpha value is -6.08. The van der Waals surface area contributed by atoms with Crippen LogP contribution in [0.25, 0.3) is 0 Å². The molecule has 302 valence electrons. The number of nitrogens with zero attached hydrogens (tertiary/aromatic N) is 4. The van der Waals surface area contributed by atoms with Gasteiger partial charge in [-0.25, -0.2) is 0 Å². The summed E-state index contributed by atoms with van der Waals surface area (Å²) in [6.45, 7) is 7.73. The van der Waals surface area contributed by atoms with Crippen LogP contribution in [0.1, 0.15) is 52.0 Å². The molecule has 12 heteroatoms. The summed E-state index contributed by atoms with van der Waals surface area (Å²) < 4.78 is 14.7. The highest BCUT2D eigenvalue weighted by Gasteiger charge is 2.66. The third-order valence-electron chi connectivity index (χ3n) is 12.4. The second kappa shape index (κ2) is 16.3. The minimum atomic E-state index is -2.37. The van der Waals surface area contributed by atoms with Crippen LogP contribution in [0, 0.1) is 5.92 Å². The first-order valence-electron chi connectivity index (χ1n) is 20.1. The zero-order valence-electron chi connectivity index (χ0n) is 33.8. The van der Waals surface area contributed by atoms with Gasteiger partial charge in [-0.2, -0.15) is 0 Å². The molecule has 0 bridgehead atoms. The van der Waals surface area contributed by atoms with Crippen LogP contribution in [0.4, 0.5) is 17.1 Å². The number of carbonyl (C=O) groups is 2. The molecule has 1 unspecified atom stereocenters. The molecule has 2 amide bonds. The van der Waals surface area contributed by atoms with E-state index in [9.17, 15) is 9.90 Å². The molecule has 2 aliphatic heterocycles. The molecule has 0 radical (unpaired) electrons. The summed E-state index contributed by atoms with van der Waals surface area (Å²) in [4.78, 5) is 30.0. The van der Waals surface area contributed by atoms with Crippen LogP contribution in [0.15, 0.2) is 134 Å². The third kappa shape index (κ3) is 7.43. The molecule has 0 saturated carbocycles. The lowest BCUT2D eigenvalue weighted by molar-refractivity contribution is -0.146. The van der Waals surface area contributed by atoms with Crippen molar-refractivity contribution >= 4 is 42.1 Å². The number of para-hydroxylation sites is 1. The van der Waals surface area contributed by atoms with Gasteiger partial charge in [-0.15, -0.1) is 5.10 Å². The van der Waals surface area contributed by atoms with Crippen molar-refractivity contribution in [2.75, 3.05) is 29.7 Å². The fourth-order valence-corrected chi connectivity index (χ4v) is 13.4. The van der Waals surface area contributed by atoms with E-state index in [0.29, 0.717) is 42.1 Å². The Kier molecular flexibility index (Phi) is 11.0. The zero-order chi connectivity index (χ0) is 41.3. The summed E-state index contributed by atoms with van der Waals surface area (Å²) in [6, 6.07) is 40.6. The number of ether oxygens (including phenoxy) is 2. The molecule has 8 rings (SSSR count). The van der Waals surface area contributed by atoms with Gasteiger partial charge in [0.2, 0.25) is 0 Å². The van der Waals surface area contributed by atoms with Gasteiger partial charge in [0.05, 0.1) is 51.7 Å². The molecule has 4 N–H and O–H groups in total. The van der Waals surface area contributed by atoms with Gasteiger partial charge >= 0.3 is 0 Å². The fourth-order valence-electron chi connectivity index (χ4n) is 9.31. The highest BCUT2D eigenvalue weighted by atomic mass is 28.3. The summed E-state index contributed by atoms with van der Waals surface area (Å²) in [5.74, 6) is 0.0494. The molecule has 2 aliphatic rings. The number of amides is 2. The number of fused-ring (bicyclic) bond motifs is 2. The van der Waals surface area contributed by atoms with Crippen LogP contribution < -0.4 is 25.9 Å². The maximum absolute atomic E-state index is 15.2. The number of nitrogen functional groups attached to an aromatic ring is 1. The molecule has 1 aromatic heterocycles. The summed E-state index contributed by atoms with van der Waals surface area (Å²) >= 11 is 0. The Morgan fingerprint density at radius 1 is 0.949 bits per heavy atom. The van der Waals surface area contributed by atoms with Gasteiger partial charge in [-0.3, -0.25) is 14.3 Å². The monoisotopic (exact) mass is 806 g/mol. The molecule has 1 spiro atoms. The number of nitrogens with two attached hydrogens (primary N) is 1. The average Bonchev–Trinajstić information content (AvgIpc) is 3.92. The first-order valence-corrected chi connectivity index (χ1v) is 23.2. The molecule has 3 heterocycles. The molecule has 1 fully saturated rings. The Morgan fingerprint density at radius 3 is 2.34 bits per heavy atom. The maximum atomic E-state index is 15.2. The van der Waals surface area contributed by atoms with Crippen LogP contribution in [-0.2, 0) is 28.2 Å². The summed E-state index contributed by atoms with van der Waals surface area (Å²) in [5.41, 5.74) is 10.7. The molecule has 0 aliphatic carbocycles. The topological polar surface area (TPSA) is 145 Å². The molecule has 6 aromatic rings. The second-order valence-electron chi connectivity index (χ2n) is 16.2. The number of carbonyl (C=O) groups excluding carboxylic acids is 2. The summed E-state index contributed by atoms with van der Waals surface area (Å²) in [6.07, 6.45) is 2.25. The molecule has 5 atom stereocenters. The highest BCUT2D eigenvalue weighted by Crippen LogP contribution is 2.60. The Labute approximate surface area is 345 Å². The van der Waals surface area contributed by atoms with Crippen molar-refractivity contribution in [1.29, 1.82) is 0 Å². The van der Waals surface area contributed by atoms with E-state index in [0.717, 1.165) is 28.1 Å². The maximum Gasteiger partial charge on any atom is 0.264 e. The second-order valence-corrected chi connectivity index (χ2v) is 20.9. The number of aliphatic hydroxyl groups excluding tert-OH is 1. The number of anilines is 3. The van der Waals surface area contributed by atoms with Crippen molar-refractivity contribution in [3.05, 3.63) is 162 Å². The lowest BCUT2D eigenvalue weighted by Crippen LogP contribution is -2.51. The predicted molar refractivity (Wildman–Crippen MR) is 232 cm³/mol. The zero-order valence-corrected chi connectivity index (χ0v) is 34.8. The van der Waals surface area contributed by atoms with Crippen molar-refractivity contribution in [1.82, 2.24) is 15.0 Å². The Morgan fingerprint density at radius 2 is 1.64 bits per heavy atom. The quantitative estimate of drug-likeness (QED) is 0.0829. The highest BCUT2D eigenvalue weighted by molar-refractivity contribution is 6.91. The van der Waals surface area contributed by atoms with Crippen molar-refractivity contribution in [3.8, 4) is 5.75 Å². The van der Waals surface area contributed by atoms with E-state index >= 15 is 4.79 Å². The molecule has 59 heavy (non-hydrogen) atoms. The van der Waals surface area contributed by atoms with E-state index in [1.54, 1.807) is 31.4 Å². The van der Waals surface area contributed by atoms with Crippen molar-refractivity contribution in [2.45, 2.75) is 62.7 Å². The van der Waals surface area contributed by atoms with Crippen LogP contribution in [-0.4, -0.2) is 59.8 Å². The van der Waals surface area contributed by atoms with Crippen LogP contribution in [0.3, 0.4) is 0 Å². The molecule has 5 aromatic carbocycles. The normalized spacial score (nSPS) is 20.5. The van der Waals surface area contributed by atoms with Gasteiger partial charge in [0.1, 0.15) is 5.75 Å². The third-order valence-corrected chi connectivity index (χ3v) is 16.8. The number of aromatic nitrogens is 3. The van der Waals surface area contributed by atoms with Crippen LogP contribution >= 0.6 is 0 Å². The number of rotatable bonds is 13. The Balaban J connectivity index is 1.08. The number of benzene rings is 5. The van der Waals surface area contributed by atoms with E-state index in [1.165, 1.54) is 5.19 Å². The average molecular weight is 807 g/mol.